The van der Waals surface area contributed by atoms with Crippen LogP contribution in [0.5, 0.6) is 0 Å². The molecule has 7 nitrogen and oxygen atoms in total. The van der Waals surface area contributed by atoms with Crippen LogP contribution in [-0.2, 0) is 22.5 Å². The number of nitrogens with one attached hydrogen (secondary N) is 1. The van der Waals surface area contributed by atoms with Gasteiger partial charge in [0.05, 0.1) is 13.2 Å². The maximum atomic E-state index is 13.2. The summed E-state index contributed by atoms with van der Waals surface area (Å²) in [4.78, 5) is 18.0. The van der Waals surface area contributed by atoms with Gasteiger partial charge in [-0.15, -0.1) is 0 Å². The zero-order chi connectivity index (χ0) is 16.9. The van der Waals surface area contributed by atoms with Crippen molar-refractivity contribution in [1.82, 2.24) is 20.4 Å². The molecule has 1 atom stereocenters. The van der Waals surface area contributed by atoms with E-state index in [2.05, 4.69) is 15.5 Å². The van der Waals surface area contributed by atoms with Gasteiger partial charge in [-0.3, -0.25) is 9.69 Å². The fourth-order valence-corrected chi connectivity index (χ4v) is 2.61. The SMILES string of the molecule is CNC(=O)C1CN(Cc2nc(Cc3cccc(F)c3)no2)CCO1. The number of carbonyl (C=O) groups excluding carboxylic acids is 1. The predicted octanol–water partition coefficient (Wildman–Crippen LogP) is 0.746. The molecule has 0 saturated carbocycles. The normalized spacial score (nSPS) is 18.5. The lowest BCUT2D eigenvalue weighted by atomic mass is 10.1. The molecule has 2 heterocycles. The van der Waals surface area contributed by atoms with Crippen LogP contribution in [-0.4, -0.2) is 53.8 Å². The summed E-state index contributed by atoms with van der Waals surface area (Å²) < 4.78 is 23.9. The molecule has 1 amide bonds. The van der Waals surface area contributed by atoms with Crippen LogP contribution in [0.25, 0.3) is 0 Å². The lowest BCUT2D eigenvalue weighted by Gasteiger charge is -2.30. The van der Waals surface area contributed by atoms with E-state index in [-0.39, 0.29) is 11.7 Å². The number of amides is 1. The van der Waals surface area contributed by atoms with Crippen molar-refractivity contribution in [3.8, 4) is 0 Å². The number of ether oxygens (including phenoxy) is 1. The van der Waals surface area contributed by atoms with Gasteiger partial charge in [0.25, 0.3) is 0 Å². The summed E-state index contributed by atoms with van der Waals surface area (Å²) in [5.74, 6) is 0.549. The van der Waals surface area contributed by atoms with E-state index < -0.39 is 6.10 Å². The highest BCUT2D eigenvalue weighted by Gasteiger charge is 2.26. The number of hydrogen-bond acceptors (Lipinski definition) is 6. The maximum absolute atomic E-state index is 13.2. The van der Waals surface area contributed by atoms with E-state index in [4.69, 9.17) is 9.26 Å². The number of benzene rings is 1. The van der Waals surface area contributed by atoms with Crippen LogP contribution >= 0.6 is 0 Å². The van der Waals surface area contributed by atoms with Crippen LogP contribution in [0.2, 0.25) is 0 Å². The van der Waals surface area contributed by atoms with Crippen molar-refractivity contribution >= 4 is 5.91 Å². The second-order valence-electron chi connectivity index (χ2n) is 5.62. The number of aromatic nitrogens is 2. The molecule has 1 aliphatic heterocycles. The van der Waals surface area contributed by atoms with Gasteiger partial charge in [-0.25, -0.2) is 4.39 Å². The van der Waals surface area contributed by atoms with Gasteiger partial charge in [0.2, 0.25) is 11.8 Å². The third-order valence-corrected chi connectivity index (χ3v) is 3.81. The van der Waals surface area contributed by atoms with Crippen LogP contribution in [0.4, 0.5) is 4.39 Å². The average Bonchev–Trinajstić information content (AvgIpc) is 3.01. The van der Waals surface area contributed by atoms with E-state index in [1.807, 2.05) is 11.0 Å². The molecule has 1 aliphatic rings. The topological polar surface area (TPSA) is 80.5 Å². The minimum Gasteiger partial charge on any atom is -0.366 e. The standard InChI is InChI=1S/C16H19FN4O3/c1-18-16(22)13-9-21(5-6-23-13)10-15-19-14(20-24-15)8-11-3-2-4-12(17)7-11/h2-4,7,13H,5-6,8-10H2,1H3,(H,18,22). The molecular formula is C16H19FN4O3. The first-order chi connectivity index (χ1) is 11.6. The summed E-state index contributed by atoms with van der Waals surface area (Å²) >= 11 is 0. The van der Waals surface area contributed by atoms with E-state index in [0.29, 0.717) is 44.4 Å². The number of rotatable bonds is 5. The Hall–Kier alpha value is -2.32. The van der Waals surface area contributed by atoms with Crippen molar-refractivity contribution in [3.05, 3.63) is 47.4 Å². The summed E-state index contributed by atoms with van der Waals surface area (Å²) in [6.45, 7) is 2.09. The first-order valence-corrected chi connectivity index (χ1v) is 7.75. The van der Waals surface area contributed by atoms with Crippen LogP contribution in [0.1, 0.15) is 17.3 Å². The molecule has 3 rings (SSSR count). The molecule has 1 saturated heterocycles. The summed E-state index contributed by atoms with van der Waals surface area (Å²) in [6, 6.07) is 6.31. The van der Waals surface area contributed by atoms with Crippen LogP contribution in [0.15, 0.2) is 28.8 Å². The molecular weight excluding hydrogens is 315 g/mol. The van der Waals surface area contributed by atoms with Crippen LogP contribution < -0.4 is 5.32 Å². The molecule has 0 bridgehead atoms. The zero-order valence-corrected chi connectivity index (χ0v) is 13.4. The molecule has 0 spiro atoms. The van der Waals surface area contributed by atoms with Crippen molar-refractivity contribution in [1.29, 1.82) is 0 Å². The van der Waals surface area contributed by atoms with Crippen molar-refractivity contribution in [2.75, 3.05) is 26.7 Å². The number of hydrogen-bond donors (Lipinski definition) is 1. The Bertz CT molecular complexity index is 706. The monoisotopic (exact) mass is 334 g/mol. The van der Waals surface area contributed by atoms with Gasteiger partial charge in [0, 0.05) is 26.6 Å². The van der Waals surface area contributed by atoms with Gasteiger partial charge in [0.15, 0.2) is 5.82 Å². The number of halogens is 1. The molecule has 0 aliphatic carbocycles. The third-order valence-electron chi connectivity index (χ3n) is 3.81. The van der Waals surface area contributed by atoms with Crippen molar-refractivity contribution in [2.24, 2.45) is 0 Å². The first-order valence-electron chi connectivity index (χ1n) is 7.75. The summed E-state index contributed by atoms with van der Waals surface area (Å²) in [6.07, 6.45) is -0.0796. The van der Waals surface area contributed by atoms with Gasteiger partial charge in [0.1, 0.15) is 11.9 Å². The summed E-state index contributed by atoms with van der Waals surface area (Å²) in [7, 11) is 1.58. The van der Waals surface area contributed by atoms with E-state index in [9.17, 15) is 9.18 Å². The van der Waals surface area contributed by atoms with Gasteiger partial charge in [-0.05, 0) is 17.7 Å². The van der Waals surface area contributed by atoms with Gasteiger partial charge in [-0.1, -0.05) is 17.3 Å². The molecule has 1 aromatic carbocycles. The van der Waals surface area contributed by atoms with Crippen LogP contribution in [0, 0.1) is 5.82 Å². The molecule has 1 unspecified atom stereocenters. The Labute approximate surface area is 138 Å². The van der Waals surface area contributed by atoms with Crippen LogP contribution in [0.3, 0.4) is 0 Å². The zero-order valence-electron chi connectivity index (χ0n) is 13.4. The third kappa shape index (κ3) is 4.15. The van der Waals surface area contributed by atoms with E-state index in [0.717, 1.165) is 5.56 Å². The summed E-state index contributed by atoms with van der Waals surface area (Å²) in [5, 5.41) is 6.51. The molecule has 2 aromatic rings. The molecule has 1 aromatic heterocycles. The molecule has 128 valence electrons. The van der Waals surface area contributed by atoms with Gasteiger partial charge < -0.3 is 14.6 Å². The van der Waals surface area contributed by atoms with Crippen molar-refractivity contribution in [2.45, 2.75) is 19.1 Å². The molecule has 1 fully saturated rings. The Morgan fingerprint density at radius 1 is 1.50 bits per heavy atom. The molecule has 24 heavy (non-hydrogen) atoms. The Balaban J connectivity index is 1.58. The smallest absolute Gasteiger partial charge is 0.250 e. The highest BCUT2D eigenvalue weighted by Crippen LogP contribution is 2.12. The summed E-state index contributed by atoms with van der Waals surface area (Å²) in [5.41, 5.74) is 0.786. The highest BCUT2D eigenvalue weighted by atomic mass is 19.1. The number of carbonyl (C=O) groups is 1. The van der Waals surface area contributed by atoms with Gasteiger partial charge >= 0.3 is 0 Å². The fraction of sp³-hybridized carbons (Fsp3) is 0.438. The second kappa shape index (κ2) is 7.50. The molecule has 8 heteroatoms. The number of morpholine rings is 1. The van der Waals surface area contributed by atoms with E-state index in [1.54, 1.807) is 13.1 Å². The maximum Gasteiger partial charge on any atom is 0.250 e. The first kappa shape index (κ1) is 16.5. The van der Waals surface area contributed by atoms with Gasteiger partial charge in [-0.2, -0.15) is 4.98 Å². The molecule has 0 radical (unpaired) electrons. The van der Waals surface area contributed by atoms with E-state index in [1.165, 1.54) is 12.1 Å². The fourth-order valence-electron chi connectivity index (χ4n) is 2.61. The van der Waals surface area contributed by atoms with Crippen molar-refractivity contribution < 1.29 is 18.4 Å². The minimum absolute atomic E-state index is 0.142. The largest absolute Gasteiger partial charge is 0.366 e. The predicted molar refractivity (Wildman–Crippen MR) is 82.6 cm³/mol. The second-order valence-corrected chi connectivity index (χ2v) is 5.62. The number of nitrogens with zero attached hydrogens (tertiary/aromatic N) is 3. The van der Waals surface area contributed by atoms with Crippen molar-refractivity contribution in [3.63, 3.8) is 0 Å². The Morgan fingerprint density at radius 3 is 3.17 bits per heavy atom. The lowest BCUT2D eigenvalue weighted by molar-refractivity contribution is -0.138. The lowest BCUT2D eigenvalue weighted by Crippen LogP contribution is -2.48. The van der Waals surface area contributed by atoms with E-state index >= 15 is 0 Å². The number of likely N-dealkylation sites (N-methyl/N-ethyl adjacent to an activating group) is 1. The molecule has 1 N–H and O–H groups in total. The Morgan fingerprint density at radius 2 is 2.38 bits per heavy atom. The Kier molecular flexibility index (Phi) is 5.17. The minimum atomic E-state index is -0.488. The quantitative estimate of drug-likeness (QED) is 0.869. The average molecular weight is 334 g/mol. The highest BCUT2D eigenvalue weighted by molar-refractivity contribution is 5.80.